The van der Waals surface area contributed by atoms with Crippen molar-refractivity contribution >= 4 is 11.6 Å². The zero-order chi connectivity index (χ0) is 27.3. The Kier molecular flexibility index (Phi) is 7.59. The van der Waals surface area contributed by atoms with Gasteiger partial charge < -0.3 is 30.3 Å². The van der Waals surface area contributed by atoms with Crippen LogP contribution < -0.4 is 0 Å². The fourth-order valence-electron chi connectivity index (χ4n) is 6.50. The molecule has 8 nitrogen and oxygen atoms in total. The molecular weight excluding hydrogens is 464 g/mol. The minimum atomic E-state index is -2.48. The lowest BCUT2D eigenvalue weighted by Crippen LogP contribution is -2.65. The van der Waals surface area contributed by atoms with Gasteiger partial charge >= 0.3 is 0 Å². The van der Waals surface area contributed by atoms with Crippen LogP contribution in [-0.4, -0.2) is 54.1 Å². The van der Waals surface area contributed by atoms with E-state index < -0.39 is 51.4 Å². The van der Waals surface area contributed by atoms with Crippen molar-refractivity contribution in [3.63, 3.8) is 0 Å². The van der Waals surface area contributed by atoms with Gasteiger partial charge in [-0.2, -0.15) is 0 Å². The normalized spacial score (nSPS) is 36.3. The van der Waals surface area contributed by atoms with Gasteiger partial charge in [0.1, 0.15) is 28.5 Å². The molecule has 0 bridgehead atoms. The molecule has 1 aliphatic heterocycles. The highest BCUT2D eigenvalue weighted by Crippen LogP contribution is 2.69. The molecule has 3 aliphatic rings. The van der Waals surface area contributed by atoms with Crippen LogP contribution in [-0.2, 0) is 14.3 Å². The molecule has 0 aromatic rings. The first-order valence-electron chi connectivity index (χ1n) is 13.1. The van der Waals surface area contributed by atoms with Crippen molar-refractivity contribution in [2.24, 2.45) is 11.3 Å². The fourth-order valence-corrected chi connectivity index (χ4v) is 6.50. The molecule has 202 valence electrons. The summed E-state index contributed by atoms with van der Waals surface area (Å²) in [5, 5.41) is 57.3. The molecule has 1 saturated heterocycles. The quantitative estimate of drug-likeness (QED) is 0.260. The minimum absolute atomic E-state index is 0.0254. The number of hydrogen-bond donors (Lipinski definition) is 5. The smallest absolute Gasteiger partial charge is 0.209 e. The number of Topliss-reactive ketones (excluding diaryl/α,β-unsaturated/α-hetero) is 2. The molecule has 0 saturated carbocycles. The summed E-state index contributed by atoms with van der Waals surface area (Å²) in [4.78, 5) is 26.7. The van der Waals surface area contributed by atoms with E-state index in [0.29, 0.717) is 12.8 Å². The fraction of sp³-hybridized carbons (Fsp3) is 0.714. The summed E-state index contributed by atoms with van der Waals surface area (Å²) in [5.74, 6) is -5.81. The molecule has 8 heteroatoms. The average molecular weight is 507 g/mol. The third-order valence-corrected chi connectivity index (χ3v) is 8.60. The summed E-state index contributed by atoms with van der Waals surface area (Å²) < 4.78 is 6.09. The maximum Gasteiger partial charge on any atom is 0.209 e. The Labute approximate surface area is 213 Å². The highest BCUT2D eigenvalue weighted by Gasteiger charge is 2.79. The molecule has 3 rings (SSSR count). The van der Waals surface area contributed by atoms with Gasteiger partial charge in [0.05, 0.1) is 5.41 Å². The summed E-state index contributed by atoms with van der Waals surface area (Å²) in [5.41, 5.74) is -5.81. The Morgan fingerprint density at radius 1 is 0.889 bits per heavy atom. The molecule has 0 aromatic carbocycles. The van der Waals surface area contributed by atoms with E-state index in [1.165, 1.54) is 27.7 Å². The van der Waals surface area contributed by atoms with Crippen LogP contribution in [0, 0.1) is 11.3 Å². The third kappa shape index (κ3) is 3.84. The van der Waals surface area contributed by atoms with E-state index in [0.717, 1.165) is 25.7 Å². The van der Waals surface area contributed by atoms with Crippen LogP contribution in [0.4, 0.5) is 0 Å². The van der Waals surface area contributed by atoms with E-state index in [-0.39, 0.29) is 41.8 Å². The van der Waals surface area contributed by atoms with E-state index in [2.05, 4.69) is 0 Å². The predicted molar refractivity (Wildman–Crippen MR) is 134 cm³/mol. The van der Waals surface area contributed by atoms with Crippen molar-refractivity contribution in [2.45, 2.75) is 116 Å². The number of carbonyl (C=O) groups excluding carboxylic acids is 2. The van der Waals surface area contributed by atoms with Gasteiger partial charge in [-0.1, -0.05) is 39.5 Å². The molecule has 5 N–H and O–H groups in total. The molecule has 0 radical (unpaired) electrons. The first-order valence-corrected chi connectivity index (χ1v) is 13.1. The Balaban J connectivity index is 2.26. The van der Waals surface area contributed by atoms with Gasteiger partial charge in [-0.05, 0) is 40.5 Å². The first kappa shape index (κ1) is 28.4. The largest absolute Gasteiger partial charge is 0.511 e. The van der Waals surface area contributed by atoms with Crippen LogP contribution in [0.3, 0.4) is 0 Å². The summed E-state index contributed by atoms with van der Waals surface area (Å²) in [6.45, 7) is 9.66. The number of rotatable bonds is 10. The van der Waals surface area contributed by atoms with Crippen LogP contribution in [0.1, 0.15) is 99.3 Å². The summed E-state index contributed by atoms with van der Waals surface area (Å²) in [7, 11) is 0. The Bertz CT molecular complexity index is 1030. The van der Waals surface area contributed by atoms with E-state index in [9.17, 15) is 35.1 Å². The van der Waals surface area contributed by atoms with Crippen molar-refractivity contribution in [2.75, 3.05) is 0 Å². The van der Waals surface area contributed by atoms with Gasteiger partial charge in [-0.25, -0.2) is 0 Å². The maximum absolute atomic E-state index is 13.5. The molecule has 1 fully saturated rings. The summed E-state index contributed by atoms with van der Waals surface area (Å²) in [6.07, 6.45) is 4.51. The van der Waals surface area contributed by atoms with Crippen molar-refractivity contribution in [3.8, 4) is 0 Å². The number of aliphatic hydroxyl groups excluding tert-OH is 3. The molecule has 0 amide bonds. The monoisotopic (exact) mass is 506 g/mol. The minimum Gasteiger partial charge on any atom is -0.511 e. The van der Waals surface area contributed by atoms with Crippen LogP contribution in [0.25, 0.3) is 0 Å². The van der Waals surface area contributed by atoms with Crippen LogP contribution >= 0.6 is 0 Å². The summed E-state index contributed by atoms with van der Waals surface area (Å²) >= 11 is 0. The number of ether oxygens (including phenoxy) is 1. The van der Waals surface area contributed by atoms with Crippen molar-refractivity contribution in [1.82, 2.24) is 0 Å². The van der Waals surface area contributed by atoms with Gasteiger partial charge in [-0.3, -0.25) is 9.59 Å². The molecule has 2 aliphatic carbocycles. The van der Waals surface area contributed by atoms with Crippen LogP contribution in [0.5, 0.6) is 0 Å². The number of hydrogen-bond acceptors (Lipinski definition) is 8. The van der Waals surface area contributed by atoms with Crippen molar-refractivity contribution in [3.05, 3.63) is 34.0 Å². The second-order valence-corrected chi connectivity index (χ2v) is 11.3. The number of carbonyl (C=O) groups is 2. The number of unbranched alkanes of at least 4 members (excludes halogenated alkanes) is 4. The lowest BCUT2D eigenvalue weighted by molar-refractivity contribution is -0.332. The topological polar surface area (TPSA) is 145 Å². The highest BCUT2D eigenvalue weighted by molar-refractivity contribution is 5.99. The van der Waals surface area contributed by atoms with Gasteiger partial charge in [0, 0.05) is 41.9 Å². The highest BCUT2D eigenvalue weighted by atomic mass is 16.7. The van der Waals surface area contributed by atoms with Gasteiger partial charge in [0.15, 0.2) is 11.6 Å². The van der Waals surface area contributed by atoms with Crippen LogP contribution in [0.15, 0.2) is 34.0 Å². The van der Waals surface area contributed by atoms with Gasteiger partial charge in [0.2, 0.25) is 5.79 Å². The molecule has 5 unspecified atom stereocenters. The van der Waals surface area contributed by atoms with E-state index >= 15 is 0 Å². The van der Waals surface area contributed by atoms with Crippen molar-refractivity contribution < 1.29 is 39.9 Å². The second kappa shape index (κ2) is 9.62. The Morgan fingerprint density at radius 2 is 1.42 bits per heavy atom. The second-order valence-electron chi connectivity index (χ2n) is 11.3. The average Bonchev–Trinajstić information content (AvgIpc) is 3.01. The lowest BCUT2D eigenvalue weighted by Gasteiger charge is -2.51. The van der Waals surface area contributed by atoms with Crippen LogP contribution in [0.2, 0.25) is 0 Å². The van der Waals surface area contributed by atoms with Gasteiger partial charge in [-0.15, -0.1) is 0 Å². The zero-order valence-corrected chi connectivity index (χ0v) is 22.4. The molecule has 1 heterocycles. The summed E-state index contributed by atoms with van der Waals surface area (Å²) in [6, 6.07) is 0. The SMILES string of the molecule is CCCCCC(=O)C1=C(O)C2(C)C3C(C(=O)CCCCC)=C(O)C(C)=C(O)C3(C)OC2(O)C(C)(O)C1. The number of fused-ring (bicyclic) bond motifs is 3. The maximum atomic E-state index is 13.5. The van der Waals surface area contributed by atoms with E-state index in [4.69, 9.17) is 4.74 Å². The number of ketones is 2. The predicted octanol–water partition coefficient (Wildman–Crippen LogP) is 5.01. The first-order chi connectivity index (χ1) is 16.7. The number of allylic oxidation sites excluding steroid dienone is 1. The molecule has 36 heavy (non-hydrogen) atoms. The van der Waals surface area contributed by atoms with Gasteiger partial charge in [0.25, 0.3) is 0 Å². The zero-order valence-electron chi connectivity index (χ0n) is 22.4. The molecular formula is C28H42O8. The van der Waals surface area contributed by atoms with E-state index in [1.54, 1.807) is 0 Å². The molecule has 0 aromatic heterocycles. The molecule has 5 atom stereocenters. The third-order valence-electron chi connectivity index (χ3n) is 8.60. The van der Waals surface area contributed by atoms with E-state index in [1.807, 2.05) is 13.8 Å². The standard InChI is InChI=1S/C28H42O8/c1-7-9-11-13-18(29)17-15-25(4,34)28(35)26(5,24(17)33)22-20(19(30)14-12-10-8-2)21(31)16(3)23(32)27(22,6)36-28/h22,31-35H,7-15H2,1-6H3. The Morgan fingerprint density at radius 3 is 1.94 bits per heavy atom. The number of aliphatic hydroxyl groups is 5. The van der Waals surface area contributed by atoms with Crippen molar-refractivity contribution in [1.29, 1.82) is 0 Å². The Hall–Kier alpha value is -2.16. The molecule has 0 spiro atoms. The lowest BCUT2D eigenvalue weighted by atomic mass is 9.54.